The molecule has 98 valence electrons. The zero-order valence-electron chi connectivity index (χ0n) is 11.4. The summed E-state index contributed by atoms with van der Waals surface area (Å²) >= 11 is 1.78. The molecule has 0 bridgehead atoms. The Morgan fingerprint density at radius 2 is 1.75 bits per heavy atom. The van der Waals surface area contributed by atoms with Crippen LogP contribution in [0.4, 0.5) is 0 Å². The van der Waals surface area contributed by atoms with E-state index in [1.54, 1.807) is 11.3 Å². The average molecular weight is 280 g/mol. The van der Waals surface area contributed by atoms with Crippen LogP contribution >= 0.6 is 11.3 Å². The molecule has 4 aromatic rings. The van der Waals surface area contributed by atoms with Crippen LogP contribution in [0, 0.1) is 6.92 Å². The minimum absolute atomic E-state index is 0.926. The van der Waals surface area contributed by atoms with Crippen molar-refractivity contribution in [3.8, 4) is 11.5 Å². The van der Waals surface area contributed by atoms with Crippen LogP contribution in [0.25, 0.3) is 32.0 Å². The van der Waals surface area contributed by atoms with Crippen LogP contribution in [0.2, 0.25) is 0 Å². The SMILES string of the molecule is Cc1ccccc1-c1oc2c3ccccc3sc2[n+]1C. The van der Waals surface area contributed by atoms with E-state index < -0.39 is 0 Å². The third kappa shape index (κ3) is 1.53. The zero-order valence-corrected chi connectivity index (χ0v) is 12.2. The number of rotatable bonds is 1. The van der Waals surface area contributed by atoms with Crippen molar-refractivity contribution in [1.29, 1.82) is 0 Å². The fourth-order valence-electron chi connectivity index (χ4n) is 2.63. The molecule has 0 fully saturated rings. The highest BCUT2D eigenvalue weighted by Crippen LogP contribution is 2.35. The van der Waals surface area contributed by atoms with E-state index in [0.29, 0.717) is 0 Å². The van der Waals surface area contributed by atoms with Crippen molar-refractivity contribution < 1.29 is 8.98 Å². The number of hydrogen-bond donors (Lipinski definition) is 0. The molecule has 0 saturated heterocycles. The average Bonchev–Trinajstić information content (AvgIpc) is 2.97. The Hall–Kier alpha value is -2.13. The summed E-state index contributed by atoms with van der Waals surface area (Å²) in [6.45, 7) is 2.12. The lowest BCUT2D eigenvalue weighted by atomic mass is 10.1. The van der Waals surface area contributed by atoms with E-state index in [0.717, 1.165) is 17.0 Å². The van der Waals surface area contributed by atoms with Crippen molar-refractivity contribution in [1.82, 2.24) is 0 Å². The summed E-state index contributed by atoms with van der Waals surface area (Å²) < 4.78 is 9.62. The summed E-state index contributed by atoms with van der Waals surface area (Å²) in [7, 11) is 2.07. The van der Waals surface area contributed by atoms with Gasteiger partial charge in [-0.3, -0.25) is 0 Å². The van der Waals surface area contributed by atoms with E-state index in [1.807, 2.05) is 0 Å². The fraction of sp³-hybridized carbons (Fsp3) is 0.118. The number of nitrogens with zero attached hydrogens (tertiary/aromatic N) is 1. The monoisotopic (exact) mass is 280 g/mol. The number of oxazole rings is 1. The van der Waals surface area contributed by atoms with Gasteiger partial charge in [0, 0.05) is 10.1 Å². The maximum Gasteiger partial charge on any atom is 0.382 e. The van der Waals surface area contributed by atoms with Crippen LogP contribution in [0.3, 0.4) is 0 Å². The van der Waals surface area contributed by atoms with Crippen molar-refractivity contribution in [3.05, 3.63) is 54.1 Å². The molecule has 0 atom stereocenters. The first kappa shape index (κ1) is 11.7. The van der Waals surface area contributed by atoms with E-state index in [4.69, 9.17) is 4.42 Å². The van der Waals surface area contributed by atoms with Gasteiger partial charge in [-0.1, -0.05) is 41.7 Å². The summed E-state index contributed by atoms with van der Waals surface area (Å²) in [5.41, 5.74) is 3.38. The smallest absolute Gasteiger partial charge is 0.382 e. The van der Waals surface area contributed by atoms with E-state index in [2.05, 4.69) is 67.1 Å². The predicted molar refractivity (Wildman–Crippen MR) is 82.9 cm³/mol. The number of aromatic nitrogens is 1. The second-order valence-electron chi connectivity index (χ2n) is 5.01. The molecule has 2 aromatic heterocycles. The number of benzene rings is 2. The van der Waals surface area contributed by atoms with Gasteiger partial charge in [0.2, 0.25) is 5.58 Å². The number of hydrogen-bond acceptors (Lipinski definition) is 2. The van der Waals surface area contributed by atoms with Crippen molar-refractivity contribution in [2.45, 2.75) is 6.92 Å². The number of aryl methyl sites for hydroxylation is 2. The van der Waals surface area contributed by atoms with Crippen LogP contribution in [0.1, 0.15) is 5.56 Å². The minimum atomic E-state index is 0.926. The minimum Gasteiger partial charge on any atom is -0.396 e. The number of thiophene rings is 1. The van der Waals surface area contributed by atoms with E-state index in [1.165, 1.54) is 20.5 Å². The van der Waals surface area contributed by atoms with Gasteiger partial charge in [-0.2, -0.15) is 0 Å². The van der Waals surface area contributed by atoms with Gasteiger partial charge < -0.3 is 4.42 Å². The Morgan fingerprint density at radius 3 is 2.60 bits per heavy atom. The second-order valence-corrected chi connectivity index (χ2v) is 6.04. The van der Waals surface area contributed by atoms with Gasteiger partial charge >= 0.3 is 10.7 Å². The lowest BCUT2D eigenvalue weighted by Crippen LogP contribution is -2.28. The maximum atomic E-state index is 6.19. The molecule has 0 aliphatic heterocycles. The molecular formula is C17H14NOS+. The second kappa shape index (κ2) is 4.18. The van der Waals surface area contributed by atoms with Gasteiger partial charge in [0.15, 0.2) is 0 Å². The van der Waals surface area contributed by atoms with Crippen LogP contribution in [0.5, 0.6) is 0 Å². The third-order valence-electron chi connectivity index (χ3n) is 3.72. The topological polar surface area (TPSA) is 17.0 Å². The standard InChI is InChI=1S/C17H14NOS/c1-11-7-3-4-8-12(11)16-18(2)17-15(19-16)13-9-5-6-10-14(13)20-17/h3-10H,1-2H3/q+1. The van der Waals surface area contributed by atoms with Crippen LogP contribution in [0.15, 0.2) is 52.9 Å². The summed E-state index contributed by atoms with van der Waals surface area (Å²) in [4.78, 5) is 1.18. The van der Waals surface area contributed by atoms with Crippen LogP contribution in [-0.4, -0.2) is 0 Å². The van der Waals surface area contributed by atoms with Gasteiger partial charge in [-0.25, -0.2) is 0 Å². The molecule has 4 rings (SSSR count). The molecule has 0 aliphatic rings. The van der Waals surface area contributed by atoms with Gasteiger partial charge in [0.25, 0.3) is 0 Å². The van der Waals surface area contributed by atoms with Gasteiger partial charge in [-0.15, -0.1) is 4.57 Å². The lowest BCUT2D eigenvalue weighted by molar-refractivity contribution is -0.635. The van der Waals surface area contributed by atoms with E-state index in [-0.39, 0.29) is 0 Å². The predicted octanol–water partition coefficient (Wildman–Crippen LogP) is 4.45. The molecular weight excluding hydrogens is 266 g/mol. The highest BCUT2D eigenvalue weighted by atomic mass is 32.1. The molecule has 0 saturated carbocycles. The maximum absolute atomic E-state index is 6.19. The molecule has 0 unspecified atom stereocenters. The highest BCUT2D eigenvalue weighted by molar-refractivity contribution is 7.25. The third-order valence-corrected chi connectivity index (χ3v) is 4.94. The zero-order chi connectivity index (χ0) is 13.7. The quantitative estimate of drug-likeness (QED) is 0.471. The number of fused-ring (bicyclic) bond motifs is 3. The molecule has 0 aliphatic carbocycles. The molecule has 0 amide bonds. The van der Waals surface area contributed by atoms with Gasteiger partial charge in [0.05, 0.1) is 5.56 Å². The molecule has 2 heterocycles. The van der Waals surface area contributed by atoms with E-state index >= 15 is 0 Å². The Balaban J connectivity index is 2.07. The summed E-state index contributed by atoms with van der Waals surface area (Å²) in [6, 6.07) is 16.7. The van der Waals surface area contributed by atoms with Gasteiger partial charge in [0.1, 0.15) is 7.05 Å². The van der Waals surface area contributed by atoms with Crippen molar-refractivity contribution in [2.24, 2.45) is 7.05 Å². The highest BCUT2D eigenvalue weighted by Gasteiger charge is 2.25. The summed E-state index contributed by atoms with van der Waals surface area (Å²) in [6.07, 6.45) is 0. The van der Waals surface area contributed by atoms with Crippen molar-refractivity contribution in [3.63, 3.8) is 0 Å². The first-order chi connectivity index (χ1) is 9.75. The molecule has 2 aromatic carbocycles. The molecule has 2 nitrogen and oxygen atoms in total. The summed E-state index contributed by atoms with van der Waals surface area (Å²) in [5, 5.41) is 1.20. The first-order valence-electron chi connectivity index (χ1n) is 6.62. The fourth-order valence-corrected chi connectivity index (χ4v) is 3.72. The van der Waals surface area contributed by atoms with Crippen molar-refractivity contribution in [2.75, 3.05) is 0 Å². The molecule has 0 N–H and O–H groups in total. The molecule has 0 spiro atoms. The first-order valence-corrected chi connectivity index (χ1v) is 7.43. The Labute approximate surface area is 120 Å². The Kier molecular flexibility index (Phi) is 2.44. The Morgan fingerprint density at radius 1 is 1.00 bits per heavy atom. The summed E-state index contributed by atoms with van der Waals surface area (Å²) in [5.74, 6) is 0.926. The molecule has 20 heavy (non-hydrogen) atoms. The largest absolute Gasteiger partial charge is 0.396 e. The molecule has 0 radical (unpaired) electrons. The van der Waals surface area contributed by atoms with E-state index in [9.17, 15) is 0 Å². The Bertz CT molecular complexity index is 933. The molecule has 3 heteroatoms. The lowest BCUT2D eigenvalue weighted by Gasteiger charge is -1.97. The van der Waals surface area contributed by atoms with Crippen molar-refractivity contribution >= 4 is 31.8 Å². The van der Waals surface area contributed by atoms with Gasteiger partial charge in [-0.05, 0) is 30.7 Å². The normalized spacial score (nSPS) is 11.5. The van der Waals surface area contributed by atoms with Crippen LogP contribution < -0.4 is 4.57 Å². The van der Waals surface area contributed by atoms with Crippen LogP contribution in [-0.2, 0) is 7.05 Å².